The van der Waals surface area contributed by atoms with E-state index in [2.05, 4.69) is 12.6 Å². The molecule has 0 amide bonds. The molecule has 1 heterocycles. The van der Waals surface area contributed by atoms with Gasteiger partial charge in [-0.25, -0.2) is 0 Å². The maximum absolute atomic E-state index is 12.6. The molecule has 2 atom stereocenters. The Hall–Kier alpha value is -1.96. The highest BCUT2D eigenvalue weighted by molar-refractivity contribution is 5.84. The summed E-state index contributed by atoms with van der Waals surface area (Å²) in [7, 11) is 0. The Bertz CT molecular complexity index is 630. The molecule has 0 N–H and O–H groups in total. The van der Waals surface area contributed by atoms with E-state index in [0.29, 0.717) is 25.0 Å². The summed E-state index contributed by atoms with van der Waals surface area (Å²) in [6.07, 6.45) is 3.87. The first-order valence-corrected chi connectivity index (χ1v) is 8.41. The molecule has 1 saturated heterocycles. The minimum absolute atomic E-state index is 0.198. The van der Waals surface area contributed by atoms with Gasteiger partial charge in [-0.3, -0.25) is 4.79 Å². The van der Waals surface area contributed by atoms with Crippen LogP contribution in [0.4, 0.5) is 0 Å². The molecule has 128 valence electrons. The zero-order valence-corrected chi connectivity index (χ0v) is 14.5. The molecule has 4 nitrogen and oxygen atoms in total. The summed E-state index contributed by atoms with van der Waals surface area (Å²) in [5, 5.41) is 9.26. The number of nitrogens with zero attached hydrogens (tertiary/aromatic N) is 1. The van der Waals surface area contributed by atoms with Crippen LogP contribution in [0, 0.1) is 16.7 Å². The molecule has 1 aromatic carbocycles. The molecule has 0 aliphatic carbocycles. The van der Waals surface area contributed by atoms with Gasteiger partial charge in [0.2, 0.25) is 0 Å². The standard InChI is InChI=1S/C20H25NO3/c1-4-5-6-11-17(22)20(2,3)18-12-13-23-19(24-18)16-10-8-7-9-15(16)14-21/h4,7-10,18-19H,1,5-6,11-13H2,2-3H3/t18-,19?/m0/s1. The van der Waals surface area contributed by atoms with Crippen molar-refractivity contribution in [2.75, 3.05) is 6.61 Å². The molecule has 24 heavy (non-hydrogen) atoms. The lowest BCUT2D eigenvalue weighted by Gasteiger charge is -2.39. The van der Waals surface area contributed by atoms with Crippen molar-refractivity contribution in [1.82, 2.24) is 0 Å². The quantitative estimate of drug-likeness (QED) is 0.553. The van der Waals surface area contributed by atoms with Crippen molar-refractivity contribution in [3.63, 3.8) is 0 Å². The number of carbonyl (C=O) groups is 1. The summed E-state index contributed by atoms with van der Waals surface area (Å²) < 4.78 is 11.8. The van der Waals surface area contributed by atoms with E-state index in [4.69, 9.17) is 9.47 Å². The van der Waals surface area contributed by atoms with E-state index in [1.165, 1.54) is 0 Å². The number of ether oxygens (including phenoxy) is 2. The average molecular weight is 327 g/mol. The van der Waals surface area contributed by atoms with Crippen molar-refractivity contribution < 1.29 is 14.3 Å². The number of hydrogen-bond donors (Lipinski definition) is 0. The van der Waals surface area contributed by atoms with E-state index < -0.39 is 11.7 Å². The molecule has 4 heteroatoms. The Morgan fingerprint density at radius 2 is 2.21 bits per heavy atom. The van der Waals surface area contributed by atoms with Gasteiger partial charge >= 0.3 is 0 Å². The Balaban J connectivity index is 2.10. The van der Waals surface area contributed by atoms with Crippen molar-refractivity contribution >= 4 is 5.78 Å². The number of Topliss-reactive ketones (excluding diaryl/α,β-unsaturated/α-hetero) is 1. The molecular formula is C20H25NO3. The Morgan fingerprint density at radius 3 is 2.92 bits per heavy atom. The van der Waals surface area contributed by atoms with Crippen LogP contribution in [0.25, 0.3) is 0 Å². The van der Waals surface area contributed by atoms with Crippen LogP contribution in [-0.4, -0.2) is 18.5 Å². The van der Waals surface area contributed by atoms with E-state index in [1.54, 1.807) is 6.07 Å². The van der Waals surface area contributed by atoms with Crippen molar-refractivity contribution in [1.29, 1.82) is 5.26 Å². The number of allylic oxidation sites excluding steroid dienone is 1. The zero-order chi connectivity index (χ0) is 17.6. The van der Waals surface area contributed by atoms with Gasteiger partial charge in [-0.2, -0.15) is 5.26 Å². The zero-order valence-electron chi connectivity index (χ0n) is 14.5. The summed E-state index contributed by atoms with van der Waals surface area (Å²) >= 11 is 0. The van der Waals surface area contributed by atoms with Crippen molar-refractivity contribution in [2.45, 2.75) is 51.9 Å². The van der Waals surface area contributed by atoms with Crippen LogP contribution in [0.1, 0.15) is 56.9 Å². The fraction of sp³-hybridized carbons (Fsp3) is 0.500. The molecule has 1 aliphatic rings. The Morgan fingerprint density at radius 1 is 1.46 bits per heavy atom. The number of rotatable bonds is 7. The second-order valence-corrected chi connectivity index (χ2v) is 6.64. The van der Waals surface area contributed by atoms with Gasteiger partial charge in [0, 0.05) is 17.4 Å². The first-order chi connectivity index (χ1) is 11.5. The van der Waals surface area contributed by atoms with E-state index in [1.807, 2.05) is 38.1 Å². The van der Waals surface area contributed by atoms with E-state index in [0.717, 1.165) is 18.4 Å². The number of nitriles is 1. The van der Waals surface area contributed by atoms with E-state index in [-0.39, 0.29) is 11.9 Å². The molecule has 2 rings (SSSR count). The molecule has 1 unspecified atom stereocenters. The summed E-state index contributed by atoms with van der Waals surface area (Å²) in [4.78, 5) is 12.6. The van der Waals surface area contributed by atoms with Gasteiger partial charge in [0.15, 0.2) is 6.29 Å². The summed E-state index contributed by atoms with van der Waals surface area (Å²) in [5.74, 6) is 0.198. The SMILES string of the molecule is C=CCCCC(=O)C(C)(C)[C@@H]1CCOC(c2ccccc2C#N)O1. The molecule has 0 saturated carbocycles. The highest BCUT2D eigenvalue weighted by Crippen LogP contribution is 2.37. The largest absolute Gasteiger partial charge is 0.348 e. The molecule has 0 bridgehead atoms. The summed E-state index contributed by atoms with van der Waals surface area (Å²) in [6, 6.07) is 9.43. The number of unbranched alkanes of at least 4 members (excludes halogenated alkanes) is 1. The molecular weight excluding hydrogens is 302 g/mol. The van der Waals surface area contributed by atoms with Gasteiger partial charge < -0.3 is 9.47 Å². The van der Waals surface area contributed by atoms with Crippen LogP contribution in [0.15, 0.2) is 36.9 Å². The first kappa shape index (κ1) is 18.4. The van der Waals surface area contributed by atoms with Crippen LogP contribution in [0.3, 0.4) is 0 Å². The number of ketones is 1. The van der Waals surface area contributed by atoms with Crippen LogP contribution < -0.4 is 0 Å². The molecule has 0 aromatic heterocycles. The molecule has 0 radical (unpaired) electrons. The number of carbonyl (C=O) groups excluding carboxylic acids is 1. The van der Waals surface area contributed by atoms with Crippen LogP contribution in [0.5, 0.6) is 0 Å². The topological polar surface area (TPSA) is 59.3 Å². The Labute approximate surface area is 144 Å². The lowest BCUT2D eigenvalue weighted by molar-refractivity contribution is -0.238. The second kappa shape index (κ2) is 8.23. The van der Waals surface area contributed by atoms with Crippen molar-refractivity contribution in [2.24, 2.45) is 5.41 Å². The van der Waals surface area contributed by atoms with Gasteiger partial charge in [0.25, 0.3) is 0 Å². The first-order valence-electron chi connectivity index (χ1n) is 8.41. The predicted octanol–water partition coefficient (Wildman–Crippen LogP) is 4.31. The maximum atomic E-state index is 12.6. The molecule has 1 aliphatic heterocycles. The van der Waals surface area contributed by atoms with Crippen LogP contribution in [-0.2, 0) is 14.3 Å². The summed E-state index contributed by atoms with van der Waals surface area (Å²) in [5.41, 5.74) is 0.683. The third kappa shape index (κ3) is 4.11. The van der Waals surface area contributed by atoms with Gasteiger partial charge in [-0.05, 0) is 25.3 Å². The van der Waals surface area contributed by atoms with Crippen molar-refractivity contribution in [3.8, 4) is 6.07 Å². The molecule has 1 fully saturated rings. The average Bonchev–Trinajstić information content (AvgIpc) is 2.61. The number of hydrogen-bond acceptors (Lipinski definition) is 4. The minimum atomic E-state index is -0.597. The second-order valence-electron chi connectivity index (χ2n) is 6.64. The Kier molecular flexibility index (Phi) is 6.30. The lowest BCUT2D eigenvalue weighted by Crippen LogP contribution is -2.43. The van der Waals surface area contributed by atoms with Crippen LogP contribution >= 0.6 is 0 Å². The highest BCUT2D eigenvalue weighted by Gasteiger charge is 2.40. The summed E-state index contributed by atoms with van der Waals surface area (Å²) in [6.45, 7) is 8.08. The fourth-order valence-corrected chi connectivity index (χ4v) is 2.95. The third-order valence-electron chi connectivity index (χ3n) is 4.61. The smallest absolute Gasteiger partial charge is 0.185 e. The van der Waals surface area contributed by atoms with Crippen molar-refractivity contribution in [3.05, 3.63) is 48.0 Å². The predicted molar refractivity (Wildman–Crippen MR) is 92.2 cm³/mol. The van der Waals surface area contributed by atoms with Crippen LogP contribution in [0.2, 0.25) is 0 Å². The molecule has 1 aromatic rings. The maximum Gasteiger partial charge on any atom is 0.185 e. The van der Waals surface area contributed by atoms with Gasteiger partial charge in [0.05, 0.1) is 24.3 Å². The number of benzene rings is 1. The van der Waals surface area contributed by atoms with E-state index >= 15 is 0 Å². The third-order valence-corrected chi connectivity index (χ3v) is 4.61. The fourth-order valence-electron chi connectivity index (χ4n) is 2.95. The minimum Gasteiger partial charge on any atom is -0.348 e. The molecule has 0 spiro atoms. The van der Waals surface area contributed by atoms with Gasteiger partial charge in [-0.1, -0.05) is 38.1 Å². The normalized spacial score (nSPS) is 21.0. The highest BCUT2D eigenvalue weighted by atomic mass is 16.7. The van der Waals surface area contributed by atoms with E-state index in [9.17, 15) is 10.1 Å². The monoisotopic (exact) mass is 327 g/mol. The van der Waals surface area contributed by atoms with Gasteiger partial charge in [-0.15, -0.1) is 6.58 Å². The lowest BCUT2D eigenvalue weighted by atomic mass is 9.78. The van der Waals surface area contributed by atoms with Gasteiger partial charge in [0.1, 0.15) is 5.78 Å².